The van der Waals surface area contributed by atoms with Crippen molar-refractivity contribution in [3.63, 3.8) is 0 Å². The van der Waals surface area contributed by atoms with Crippen LogP contribution in [0.5, 0.6) is 0 Å². The van der Waals surface area contributed by atoms with Crippen LogP contribution in [0.3, 0.4) is 0 Å². The van der Waals surface area contributed by atoms with Crippen molar-refractivity contribution < 1.29 is 8.85 Å². The van der Waals surface area contributed by atoms with Crippen LogP contribution in [0.1, 0.15) is 8.99 Å². The van der Waals surface area contributed by atoms with Gasteiger partial charge in [-0.2, -0.15) is 0 Å². The molecule has 1 nitrogen and oxygen atoms in total. The van der Waals surface area contributed by atoms with E-state index < -0.39 is 7.04 Å². The van der Waals surface area contributed by atoms with E-state index in [4.69, 9.17) is 4.11 Å². The van der Waals surface area contributed by atoms with Gasteiger partial charge in [0.05, 0.1) is 10.7 Å². The van der Waals surface area contributed by atoms with E-state index >= 15 is 0 Å². The van der Waals surface area contributed by atoms with Gasteiger partial charge in [0.15, 0.2) is 0 Å². The summed E-state index contributed by atoms with van der Waals surface area (Å²) in [6.07, 6.45) is 0. The molecule has 8 heavy (non-hydrogen) atoms. The van der Waals surface area contributed by atoms with Gasteiger partial charge in [0.1, 0.15) is 0 Å². The highest BCUT2D eigenvalue weighted by molar-refractivity contribution is 7.09. The summed E-state index contributed by atoms with van der Waals surface area (Å²) >= 11 is 1.36. The van der Waals surface area contributed by atoms with Gasteiger partial charge in [-0.15, -0.1) is 11.3 Å². The quantitative estimate of drug-likeness (QED) is 0.592. The summed E-state index contributed by atoms with van der Waals surface area (Å²) in [4.78, 5) is 0.876. The molecule has 0 spiro atoms. The van der Waals surface area contributed by atoms with Crippen molar-refractivity contribution >= 4 is 11.3 Å². The Labute approximate surface area is 57.1 Å². The molecule has 0 saturated heterocycles. The van der Waals surface area contributed by atoms with E-state index in [-0.39, 0.29) is 6.61 Å². The summed E-state index contributed by atoms with van der Waals surface area (Å²) in [7, 11) is -2.29. The molecule has 0 fully saturated rings. The zero-order valence-corrected chi connectivity index (χ0v) is 4.99. The van der Waals surface area contributed by atoms with Crippen molar-refractivity contribution in [1.82, 2.24) is 0 Å². The fraction of sp³-hybridized carbons (Fsp3) is 0.333. The molecular formula is C6H7OS. The lowest BCUT2D eigenvalue weighted by Gasteiger charge is -1.88. The monoisotopic (exact) mass is 130 g/mol. The molecule has 43 valence electrons. The van der Waals surface area contributed by atoms with Gasteiger partial charge >= 0.3 is 0 Å². The van der Waals surface area contributed by atoms with Crippen LogP contribution in [0.25, 0.3) is 0 Å². The lowest BCUT2D eigenvalue weighted by atomic mass is 10.5. The third-order valence-electron chi connectivity index (χ3n) is 0.742. The molecule has 1 heterocycles. The molecule has 2 heteroatoms. The summed E-state index contributed by atoms with van der Waals surface area (Å²) in [5, 5.41) is 2.84. The smallest absolute Gasteiger partial charge is 0.0805 e. The summed E-state index contributed by atoms with van der Waals surface area (Å²) in [5.74, 6) is 0. The third-order valence-corrected chi connectivity index (χ3v) is 1.51. The molecule has 0 aromatic carbocycles. The van der Waals surface area contributed by atoms with Crippen LogP contribution in [0.4, 0.5) is 0 Å². The molecule has 0 N–H and O–H groups in total. The second-order valence-electron chi connectivity index (χ2n) is 1.31. The van der Waals surface area contributed by atoms with E-state index in [1.54, 1.807) is 12.1 Å². The second-order valence-corrected chi connectivity index (χ2v) is 2.27. The number of thiophene rings is 1. The highest BCUT2D eigenvalue weighted by Crippen LogP contribution is 2.07. The predicted molar refractivity (Wildman–Crippen MR) is 33.9 cm³/mol. The number of ether oxygens (including phenoxy) is 1. The van der Waals surface area contributed by atoms with Gasteiger partial charge < -0.3 is 4.74 Å². The molecule has 0 unspecified atom stereocenters. The Hall–Kier alpha value is -0.340. The average molecular weight is 130 g/mol. The topological polar surface area (TPSA) is 9.23 Å². The number of rotatable bonds is 2. The highest BCUT2D eigenvalue weighted by Gasteiger charge is 1.87. The molecular weight excluding hydrogens is 120 g/mol. The third kappa shape index (κ3) is 1.32. The Kier molecular flexibility index (Phi) is 1.06. The van der Waals surface area contributed by atoms with Gasteiger partial charge in [0, 0.05) is 17.3 Å². The van der Waals surface area contributed by atoms with Crippen LogP contribution >= 0.6 is 11.3 Å². The molecule has 0 aliphatic heterocycles. The molecule has 0 bridgehead atoms. The van der Waals surface area contributed by atoms with Crippen molar-refractivity contribution in [2.24, 2.45) is 0 Å². The van der Waals surface area contributed by atoms with Crippen LogP contribution in [0.2, 0.25) is 0 Å². The Balaban J connectivity index is 2.35. The van der Waals surface area contributed by atoms with E-state index in [1.807, 2.05) is 0 Å². The van der Waals surface area contributed by atoms with E-state index in [0.29, 0.717) is 0 Å². The number of hydrogen-bond acceptors (Lipinski definition) is 2. The molecule has 0 amide bonds. The molecule has 0 aliphatic rings. The maximum atomic E-state index is 6.74. The fourth-order valence-corrected chi connectivity index (χ4v) is 0.961. The largest absolute Gasteiger partial charge is 0.379 e. The molecule has 1 aromatic rings. The van der Waals surface area contributed by atoms with Crippen LogP contribution in [-0.2, 0) is 11.3 Å². The first kappa shape index (κ1) is 2.99. The van der Waals surface area contributed by atoms with Crippen molar-refractivity contribution in [3.05, 3.63) is 22.4 Å². The van der Waals surface area contributed by atoms with Crippen molar-refractivity contribution in [2.75, 3.05) is 7.04 Å². The van der Waals surface area contributed by atoms with Crippen LogP contribution in [-0.4, -0.2) is 7.04 Å². The molecule has 1 rings (SSSR count). The maximum absolute atomic E-state index is 6.74. The van der Waals surface area contributed by atoms with Crippen molar-refractivity contribution in [2.45, 2.75) is 6.61 Å². The first-order valence-corrected chi connectivity index (χ1v) is 2.98. The molecule has 0 aliphatic carbocycles. The van der Waals surface area contributed by atoms with E-state index in [2.05, 4.69) is 10.1 Å². The summed E-state index contributed by atoms with van der Waals surface area (Å²) in [6, 6.07) is 3.53. The Bertz CT molecular complexity index is 204. The first-order valence-electron chi connectivity index (χ1n) is 3.67. The fourth-order valence-electron chi connectivity index (χ4n) is 0.419. The number of methoxy groups -OCH3 is 1. The minimum atomic E-state index is -2.29. The van der Waals surface area contributed by atoms with Gasteiger partial charge in [0.2, 0.25) is 0 Å². The van der Waals surface area contributed by atoms with E-state index in [0.717, 1.165) is 4.88 Å². The molecule has 1 radical (unpaired) electrons. The van der Waals surface area contributed by atoms with Crippen LogP contribution < -0.4 is 0 Å². The summed E-state index contributed by atoms with van der Waals surface area (Å²) in [6.45, 7) is 0.144. The van der Waals surface area contributed by atoms with Gasteiger partial charge in [-0.25, -0.2) is 0 Å². The van der Waals surface area contributed by atoms with Crippen LogP contribution in [0, 0.1) is 5.38 Å². The standard InChI is InChI=1S/C6H7OS/c1-7-5-6-3-2-4-8-6/h2-3H,5H2,1H3/i1D3. The molecule has 0 saturated carbocycles. The number of hydrogen-bond donors (Lipinski definition) is 0. The highest BCUT2D eigenvalue weighted by atomic mass is 32.1. The minimum absolute atomic E-state index is 0.144. The Morgan fingerprint density at radius 2 is 3.12 bits per heavy atom. The summed E-state index contributed by atoms with van der Waals surface area (Å²) < 4.78 is 24.8. The van der Waals surface area contributed by atoms with Crippen molar-refractivity contribution in [3.8, 4) is 0 Å². The van der Waals surface area contributed by atoms with Gasteiger partial charge in [0.25, 0.3) is 0 Å². The lowest BCUT2D eigenvalue weighted by Crippen LogP contribution is -1.79. The van der Waals surface area contributed by atoms with E-state index in [1.165, 1.54) is 11.3 Å². The first-order chi connectivity index (χ1) is 5.08. The van der Waals surface area contributed by atoms with Gasteiger partial charge in [-0.1, -0.05) is 0 Å². The predicted octanol–water partition coefficient (Wildman–Crippen LogP) is 1.69. The summed E-state index contributed by atoms with van der Waals surface area (Å²) in [5.41, 5.74) is 0. The normalized spacial score (nSPS) is 16.8. The zero-order chi connectivity index (χ0) is 8.32. The Morgan fingerprint density at radius 1 is 2.12 bits per heavy atom. The second kappa shape index (κ2) is 2.84. The van der Waals surface area contributed by atoms with Crippen molar-refractivity contribution in [1.29, 1.82) is 0 Å². The minimum Gasteiger partial charge on any atom is -0.379 e. The SMILES string of the molecule is [2H]C([2H])([2H])OCc1cc[c]s1. The maximum Gasteiger partial charge on any atom is 0.0805 e. The molecule has 0 atom stereocenters. The Morgan fingerprint density at radius 3 is 3.75 bits per heavy atom. The zero-order valence-electron chi connectivity index (χ0n) is 7.18. The lowest BCUT2D eigenvalue weighted by molar-refractivity contribution is 0.187. The van der Waals surface area contributed by atoms with Crippen LogP contribution in [0.15, 0.2) is 12.1 Å². The molecule has 1 aromatic heterocycles. The van der Waals surface area contributed by atoms with Gasteiger partial charge in [-0.05, 0) is 12.1 Å². The van der Waals surface area contributed by atoms with E-state index in [9.17, 15) is 0 Å². The average Bonchev–Trinajstić information content (AvgIpc) is 2.32. The van der Waals surface area contributed by atoms with Gasteiger partial charge in [-0.3, -0.25) is 0 Å².